The van der Waals surface area contributed by atoms with Gasteiger partial charge in [0.2, 0.25) is 0 Å². The van der Waals surface area contributed by atoms with Crippen molar-refractivity contribution in [1.82, 2.24) is 0 Å². The van der Waals surface area contributed by atoms with Crippen LogP contribution in [0.2, 0.25) is 0 Å². The summed E-state index contributed by atoms with van der Waals surface area (Å²) < 4.78 is 0. The van der Waals surface area contributed by atoms with Gasteiger partial charge in [-0.3, -0.25) is 0 Å². The first kappa shape index (κ1) is 12.0. The zero-order valence-corrected chi connectivity index (χ0v) is 10.9. The zero-order valence-electron chi connectivity index (χ0n) is 10.9. The number of benzene rings is 2. The fourth-order valence-corrected chi connectivity index (χ4v) is 2.57. The van der Waals surface area contributed by atoms with Crippen LogP contribution in [-0.2, 0) is 0 Å². The van der Waals surface area contributed by atoms with Gasteiger partial charge in [0.25, 0.3) is 0 Å². The number of rotatable bonds is 2. The van der Waals surface area contributed by atoms with Crippen LogP contribution in [0.4, 0.5) is 5.69 Å². The summed E-state index contributed by atoms with van der Waals surface area (Å²) in [5.41, 5.74) is 5.62. The Morgan fingerprint density at radius 2 is 1.89 bits per heavy atom. The molecule has 0 bridgehead atoms. The molecule has 0 aromatic heterocycles. The number of aliphatic hydroxyl groups excluding tert-OH is 1. The summed E-state index contributed by atoms with van der Waals surface area (Å²) in [7, 11) is 1.92. The molecule has 2 N–H and O–H groups in total. The van der Waals surface area contributed by atoms with E-state index in [0.29, 0.717) is 6.42 Å². The van der Waals surface area contributed by atoms with Crippen molar-refractivity contribution >= 4 is 11.8 Å². The molecule has 2 aromatic rings. The number of anilines is 1. The van der Waals surface area contributed by atoms with Gasteiger partial charge in [-0.2, -0.15) is 0 Å². The second kappa shape index (κ2) is 4.90. The van der Waals surface area contributed by atoms with Crippen LogP contribution in [0.5, 0.6) is 0 Å². The highest BCUT2D eigenvalue weighted by Crippen LogP contribution is 2.35. The third-order valence-electron chi connectivity index (χ3n) is 3.63. The molecule has 1 aliphatic carbocycles. The Hall–Kier alpha value is -2.06. The quantitative estimate of drug-likeness (QED) is 0.849. The van der Waals surface area contributed by atoms with Crippen molar-refractivity contribution in [2.45, 2.75) is 12.5 Å². The highest BCUT2D eigenvalue weighted by molar-refractivity contribution is 5.79. The molecule has 1 atom stereocenters. The normalized spacial score (nSPS) is 17.1. The third-order valence-corrected chi connectivity index (χ3v) is 3.63. The van der Waals surface area contributed by atoms with E-state index in [0.717, 1.165) is 16.8 Å². The summed E-state index contributed by atoms with van der Waals surface area (Å²) in [4.78, 5) is 0. The molecule has 0 amide bonds. The van der Waals surface area contributed by atoms with Gasteiger partial charge in [0, 0.05) is 12.7 Å². The molecule has 19 heavy (non-hydrogen) atoms. The van der Waals surface area contributed by atoms with Crippen LogP contribution >= 0.6 is 0 Å². The molecule has 3 rings (SSSR count). The van der Waals surface area contributed by atoms with Crippen molar-refractivity contribution < 1.29 is 5.11 Å². The Morgan fingerprint density at radius 1 is 1.11 bits per heavy atom. The minimum atomic E-state index is -0.378. The molecule has 0 aliphatic heterocycles. The SMILES string of the molecule is CNc1ccc(-c2cccc3c2C=CCC3O)cc1. The first-order valence-electron chi connectivity index (χ1n) is 6.55. The molecule has 0 spiro atoms. The van der Waals surface area contributed by atoms with Crippen LogP contribution in [0.25, 0.3) is 17.2 Å². The maximum Gasteiger partial charge on any atom is 0.0830 e. The first-order valence-corrected chi connectivity index (χ1v) is 6.55. The van der Waals surface area contributed by atoms with E-state index in [1.807, 2.05) is 25.3 Å². The molecule has 2 heteroatoms. The lowest BCUT2D eigenvalue weighted by atomic mass is 9.88. The van der Waals surface area contributed by atoms with Gasteiger partial charge in [0.1, 0.15) is 0 Å². The van der Waals surface area contributed by atoms with Gasteiger partial charge in [-0.15, -0.1) is 0 Å². The highest BCUT2D eigenvalue weighted by Gasteiger charge is 2.16. The second-order valence-corrected chi connectivity index (χ2v) is 4.79. The number of hydrogen-bond donors (Lipinski definition) is 2. The van der Waals surface area contributed by atoms with Crippen LogP contribution in [0.15, 0.2) is 48.5 Å². The maximum absolute atomic E-state index is 10.1. The molecule has 96 valence electrons. The van der Waals surface area contributed by atoms with Crippen molar-refractivity contribution in [3.8, 4) is 11.1 Å². The van der Waals surface area contributed by atoms with Crippen LogP contribution in [0, 0.1) is 0 Å². The molecule has 2 aromatic carbocycles. The first-order chi connectivity index (χ1) is 9.29. The summed E-state index contributed by atoms with van der Waals surface area (Å²) >= 11 is 0. The lowest BCUT2D eigenvalue weighted by Gasteiger charge is -2.19. The smallest absolute Gasteiger partial charge is 0.0830 e. The van der Waals surface area contributed by atoms with Gasteiger partial charge in [-0.05, 0) is 40.8 Å². The molecule has 2 nitrogen and oxygen atoms in total. The monoisotopic (exact) mass is 251 g/mol. The van der Waals surface area contributed by atoms with Gasteiger partial charge in [-0.25, -0.2) is 0 Å². The van der Waals surface area contributed by atoms with E-state index in [-0.39, 0.29) is 6.10 Å². The molecule has 1 unspecified atom stereocenters. The van der Waals surface area contributed by atoms with Crippen LogP contribution < -0.4 is 5.32 Å². The zero-order chi connectivity index (χ0) is 13.2. The van der Waals surface area contributed by atoms with Crippen molar-refractivity contribution in [3.63, 3.8) is 0 Å². The molecule has 0 fully saturated rings. The Kier molecular flexibility index (Phi) is 3.10. The van der Waals surface area contributed by atoms with Gasteiger partial charge in [0.05, 0.1) is 6.10 Å². The van der Waals surface area contributed by atoms with E-state index in [9.17, 15) is 5.11 Å². The summed E-state index contributed by atoms with van der Waals surface area (Å²) in [5, 5.41) is 13.2. The molecular weight excluding hydrogens is 234 g/mol. The average molecular weight is 251 g/mol. The van der Waals surface area contributed by atoms with E-state index in [4.69, 9.17) is 0 Å². The number of nitrogens with one attached hydrogen (secondary N) is 1. The largest absolute Gasteiger partial charge is 0.388 e. The topological polar surface area (TPSA) is 32.3 Å². The van der Waals surface area contributed by atoms with Crippen LogP contribution in [0.3, 0.4) is 0 Å². The molecule has 0 saturated carbocycles. The molecule has 0 radical (unpaired) electrons. The molecule has 1 aliphatic rings. The van der Waals surface area contributed by atoms with Crippen molar-refractivity contribution in [2.24, 2.45) is 0 Å². The van der Waals surface area contributed by atoms with E-state index >= 15 is 0 Å². The second-order valence-electron chi connectivity index (χ2n) is 4.79. The summed E-state index contributed by atoms with van der Waals surface area (Å²) in [5.74, 6) is 0. The summed E-state index contributed by atoms with van der Waals surface area (Å²) in [6, 6.07) is 14.5. The predicted octanol–water partition coefficient (Wildman–Crippen LogP) is 3.85. The van der Waals surface area contributed by atoms with E-state index in [1.54, 1.807) is 0 Å². The van der Waals surface area contributed by atoms with Gasteiger partial charge in [-0.1, -0.05) is 42.5 Å². The minimum absolute atomic E-state index is 0.378. The van der Waals surface area contributed by atoms with Crippen LogP contribution in [-0.4, -0.2) is 12.2 Å². The average Bonchev–Trinajstić information content (AvgIpc) is 2.47. The lowest BCUT2D eigenvalue weighted by Crippen LogP contribution is -2.03. The van der Waals surface area contributed by atoms with Crippen LogP contribution in [0.1, 0.15) is 23.7 Å². The molecular formula is C17H17NO. The highest BCUT2D eigenvalue weighted by atomic mass is 16.3. The van der Waals surface area contributed by atoms with Gasteiger partial charge < -0.3 is 10.4 Å². The molecule has 0 saturated heterocycles. The van der Waals surface area contributed by atoms with Crippen molar-refractivity contribution in [1.29, 1.82) is 0 Å². The number of fused-ring (bicyclic) bond motifs is 1. The number of hydrogen-bond acceptors (Lipinski definition) is 2. The van der Waals surface area contributed by atoms with Crippen molar-refractivity contribution in [2.75, 3.05) is 12.4 Å². The fraction of sp³-hybridized carbons (Fsp3) is 0.176. The van der Waals surface area contributed by atoms with E-state index in [2.05, 4.69) is 41.7 Å². The maximum atomic E-state index is 10.1. The Bertz CT molecular complexity index is 614. The van der Waals surface area contributed by atoms with Gasteiger partial charge >= 0.3 is 0 Å². The Balaban J connectivity index is 2.10. The Morgan fingerprint density at radius 3 is 2.63 bits per heavy atom. The number of aliphatic hydroxyl groups is 1. The van der Waals surface area contributed by atoms with Gasteiger partial charge in [0.15, 0.2) is 0 Å². The lowest BCUT2D eigenvalue weighted by molar-refractivity contribution is 0.180. The third kappa shape index (κ3) is 2.15. The van der Waals surface area contributed by atoms with E-state index < -0.39 is 0 Å². The standard InChI is InChI=1S/C17H17NO/c1-18-13-10-8-12(9-11-13)14-4-2-6-16-15(14)5-3-7-17(16)19/h2-6,8-11,17-19H,7H2,1H3. The van der Waals surface area contributed by atoms with E-state index in [1.165, 1.54) is 11.1 Å². The summed E-state index contributed by atoms with van der Waals surface area (Å²) in [6.07, 6.45) is 4.48. The summed E-state index contributed by atoms with van der Waals surface area (Å²) in [6.45, 7) is 0. The Labute approximate surface area is 113 Å². The fourth-order valence-electron chi connectivity index (χ4n) is 2.57. The minimum Gasteiger partial charge on any atom is -0.388 e. The predicted molar refractivity (Wildman–Crippen MR) is 80.0 cm³/mol. The molecule has 0 heterocycles. The van der Waals surface area contributed by atoms with Crippen molar-refractivity contribution in [3.05, 3.63) is 59.7 Å².